The number of ether oxygens (including phenoxy) is 1. The maximum atomic E-state index is 11.0. The maximum absolute atomic E-state index is 11.0. The van der Waals surface area contributed by atoms with E-state index < -0.39 is 5.97 Å². The Morgan fingerprint density at radius 1 is 1.47 bits per heavy atom. The first kappa shape index (κ1) is 11.9. The van der Waals surface area contributed by atoms with Gasteiger partial charge in [0.2, 0.25) is 0 Å². The molecular weight excluding hydrogens is 258 g/mol. The molecule has 4 nitrogen and oxygen atoms in total. The van der Waals surface area contributed by atoms with Crippen LogP contribution in [0.25, 0.3) is 9.75 Å². The maximum Gasteiger partial charge on any atom is 0.348 e. The van der Waals surface area contributed by atoms with Gasteiger partial charge in [0, 0.05) is 0 Å². The lowest BCUT2D eigenvalue weighted by molar-refractivity contribution is 0.0703. The van der Waals surface area contributed by atoms with E-state index in [1.54, 1.807) is 7.11 Å². The van der Waals surface area contributed by atoms with E-state index in [0.29, 0.717) is 5.69 Å². The van der Waals surface area contributed by atoms with Gasteiger partial charge in [0.15, 0.2) is 0 Å². The lowest BCUT2D eigenvalue weighted by Gasteiger charge is -2.01. The van der Waals surface area contributed by atoms with Crippen LogP contribution in [-0.4, -0.2) is 18.2 Å². The molecule has 17 heavy (non-hydrogen) atoms. The zero-order chi connectivity index (χ0) is 12.6. The van der Waals surface area contributed by atoms with Crippen LogP contribution in [-0.2, 0) is 0 Å². The molecule has 0 aliphatic rings. The second kappa shape index (κ2) is 4.38. The molecule has 0 saturated carbocycles. The number of carboxylic acid groups (broad SMARTS) is 1. The highest BCUT2D eigenvalue weighted by atomic mass is 32.1. The minimum absolute atomic E-state index is 0.188. The van der Waals surface area contributed by atoms with Crippen molar-refractivity contribution in [2.24, 2.45) is 0 Å². The van der Waals surface area contributed by atoms with Crippen molar-refractivity contribution >= 4 is 34.3 Å². The standard InChI is InChI=1S/C11H11NO3S2/c1-5-7(12)10(11(13)14)17-8(5)9-6(15-2)3-4-16-9/h3-4H,12H2,1-2H3,(H,13,14). The summed E-state index contributed by atoms with van der Waals surface area (Å²) >= 11 is 2.70. The van der Waals surface area contributed by atoms with Crippen LogP contribution in [0.4, 0.5) is 5.69 Å². The zero-order valence-electron chi connectivity index (χ0n) is 9.31. The van der Waals surface area contributed by atoms with Crippen LogP contribution in [0.2, 0.25) is 0 Å². The number of methoxy groups -OCH3 is 1. The average molecular weight is 269 g/mol. The number of anilines is 1. The first-order chi connectivity index (χ1) is 8.06. The Labute approximate surface area is 106 Å². The number of nitrogen functional groups attached to an aromatic ring is 1. The fourth-order valence-corrected chi connectivity index (χ4v) is 3.66. The molecule has 0 aromatic carbocycles. The first-order valence-corrected chi connectivity index (χ1v) is 6.50. The summed E-state index contributed by atoms with van der Waals surface area (Å²) in [4.78, 5) is 13.0. The van der Waals surface area contributed by atoms with Gasteiger partial charge in [0.25, 0.3) is 0 Å². The molecule has 0 saturated heterocycles. The molecule has 2 heterocycles. The summed E-state index contributed by atoms with van der Waals surface area (Å²) in [7, 11) is 1.59. The number of hydrogen-bond acceptors (Lipinski definition) is 5. The Hall–Kier alpha value is -1.53. The van der Waals surface area contributed by atoms with E-state index in [9.17, 15) is 4.79 Å². The first-order valence-electron chi connectivity index (χ1n) is 4.80. The molecule has 0 amide bonds. The van der Waals surface area contributed by atoms with Crippen molar-refractivity contribution in [2.45, 2.75) is 6.92 Å². The van der Waals surface area contributed by atoms with Crippen molar-refractivity contribution in [3.63, 3.8) is 0 Å². The number of hydrogen-bond donors (Lipinski definition) is 2. The minimum atomic E-state index is -0.989. The SMILES string of the molecule is COc1ccsc1-c1sc(C(=O)O)c(N)c1C. The summed E-state index contributed by atoms with van der Waals surface area (Å²) in [5, 5.41) is 10.9. The molecule has 0 aliphatic carbocycles. The van der Waals surface area contributed by atoms with E-state index in [-0.39, 0.29) is 4.88 Å². The summed E-state index contributed by atoms with van der Waals surface area (Å²) in [6.45, 7) is 1.83. The van der Waals surface area contributed by atoms with Crippen molar-refractivity contribution in [1.29, 1.82) is 0 Å². The second-order valence-corrected chi connectivity index (χ2v) is 5.36. The molecule has 2 rings (SSSR count). The normalized spacial score (nSPS) is 10.5. The van der Waals surface area contributed by atoms with Gasteiger partial charge >= 0.3 is 5.97 Å². The van der Waals surface area contributed by atoms with E-state index in [1.165, 1.54) is 22.7 Å². The number of carbonyl (C=O) groups is 1. The largest absolute Gasteiger partial charge is 0.495 e. The number of rotatable bonds is 3. The van der Waals surface area contributed by atoms with Crippen LogP contribution in [0, 0.1) is 6.92 Å². The van der Waals surface area contributed by atoms with Crippen molar-refractivity contribution in [2.75, 3.05) is 12.8 Å². The Balaban J connectivity index is 2.61. The second-order valence-electron chi connectivity index (χ2n) is 3.42. The summed E-state index contributed by atoms with van der Waals surface area (Å²) < 4.78 is 5.23. The minimum Gasteiger partial charge on any atom is -0.495 e. The van der Waals surface area contributed by atoms with Gasteiger partial charge in [-0.25, -0.2) is 4.79 Å². The molecule has 2 aromatic heterocycles. The third-order valence-electron chi connectivity index (χ3n) is 2.44. The molecule has 0 radical (unpaired) electrons. The molecule has 0 fully saturated rings. The van der Waals surface area contributed by atoms with Crippen LogP contribution in [0.1, 0.15) is 15.2 Å². The molecule has 2 aromatic rings. The molecule has 90 valence electrons. The van der Waals surface area contributed by atoms with Gasteiger partial charge in [-0.15, -0.1) is 22.7 Å². The third-order valence-corrected chi connectivity index (χ3v) is 4.80. The van der Waals surface area contributed by atoms with Crippen molar-refractivity contribution < 1.29 is 14.6 Å². The summed E-state index contributed by atoms with van der Waals surface area (Å²) in [5.41, 5.74) is 6.94. The number of carboxylic acids is 1. The fraction of sp³-hybridized carbons (Fsp3) is 0.182. The van der Waals surface area contributed by atoms with Crippen LogP contribution in [0.3, 0.4) is 0 Å². The van der Waals surface area contributed by atoms with Crippen molar-refractivity contribution in [3.05, 3.63) is 21.9 Å². The molecule has 0 atom stereocenters. The monoisotopic (exact) mass is 269 g/mol. The Morgan fingerprint density at radius 2 is 2.18 bits per heavy atom. The van der Waals surface area contributed by atoms with E-state index in [0.717, 1.165) is 21.1 Å². The molecule has 3 N–H and O–H groups in total. The smallest absolute Gasteiger partial charge is 0.348 e. The molecule has 0 unspecified atom stereocenters. The summed E-state index contributed by atoms with van der Waals surface area (Å²) in [5.74, 6) is -0.242. The summed E-state index contributed by atoms with van der Waals surface area (Å²) in [6, 6.07) is 1.86. The van der Waals surface area contributed by atoms with Crippen LogP contribution < -0.4 is 10.5 Å². The number of nitrogens with two attached hydrogens (primary N) is 1. The van der Waals surface area contributed by atoms with Crippen LogP contribution in [0.5, 0.6) is 5.75 Å². The van der Waals surface area contributed by atoms with Gasteiger partial charge in [-0.3, -0.25) is 0 Å². The molecule has 6 heteroatoms. The highest BCUT2D eigenvalue weighted by Gasteiger charge is 2.21. The number of aromatic carboxylic acids is 1. The van der Waals surface area contributed by atoms with E-state index >= 15 is 0 Å². The molecule has 0 bridgehead atoms. The van der Waals surface area contributed by atoms with Gasteiger partial charge < -0.3 is 15.6 Å². The van der Waals surface area contributed by atoms with E-state index in [1.807, 2.05) is 18.4 Å². The van der Waals surface area contributed by atoms with E-state index in [2.05, 4.69) is 0 Å². The van der Waals surface area contributed by atoms with Gasteiger partial charge in [-0.05, 0) is 23.9 Å². The fourth-order valence-electron chi connectivity index (χ4n) is 1.53. The number of thiophene rings is 2. The third kappa shape index (κ3) is 1.89. The van der Waals surface area contributed by atoms with Gasteiger partial charge in [0.05, 0.1) is 22.6 Å². The highest BCUT2D eigenvalue weighted by molar-refractivity contribution is 7.23. The van der Waals surface area contributed by atoms with E-state index in [4.69, 9.17) is 15.6 Å². The lowest BCUT2D eigenvalue weighted by Crippen LogP contribution is -1.97. The van der Waals surface area contributed by atoms with Crippen LogP contribution >= 0.6 is 22.7 Å². The predicted molar refractivity (Wildman–Crippen MR) is 70.3 cm³/mol. The topological polar surface area (TPSA) is 72.5 Å². The van der Waals surface area contributed by atoms with Gasteiger partial charge in [0.1, 0.15) is 10.6 Å². The quantitative estimate of drug-likeness (QED) is 0.898. The molecule has 0 spiro atoms. The molecular formula is C11H11NO3S2. The summed E-state index contributed by atoms with van der Waals surface area (Å²) in [6.07, 6.45) is 0. The average Bonchev–Trinajstić information content (AvgIpc) is 2.85. The van der Waals surface area contributed by atoms with Crippen molar-refractivity contribution in [1.82, 2.24) is 0 Å². The van der Waals surface area contributed by atoms with Gasteiger partial charge in [-0.2, -0.15) is 0 Å². The van der Waals surface area contributed by atoms with Crippen LogP contribution in [0.15, 0.2) is 11.4 Å². The van der Waals surface area contributed by atoms with Gasteiger partial charge in [-0.1, -0.05) is 0 Å². The highest BCUT2D eigenvalue weighted by Crippen LogP contribution is 2.44. The lowest BCUT2D eigenvalue weighted by atomic mass is 10.2. The Morgan fingerprint density at radius 3 is 2.71 bits per heavy atom. The Kier molecular flexibility index (Phi) is 3.08. The predicted octanol–water partition coefficient (Wildman–Crippen LogP) is 3.07. The molecule has 0 aliphatic heterocycles. The zero-order valence-corrected chi connectivity index (χ0v) is 10.9. The van der Waals surface area contributed by atoms with Crippen molar-refractivity contribution in [3.8, 4) is 15.5 Å². The Bertz CT molecular complexity index is 571.